The molecule has 0 aliphatic carbocycles. The molecular weight excluding hydrogens is 261 g/mol. The number of hydrogen-bond acceptors (Lipinski definition) is 5. The van der Waals surface area contributed by atoms with Crippen LogP contribution in [0.3, 0.4) is 0 Å². The molecule has 0 radical (unpaired) electrons. The van der Waals surface area contributed by atoms with Crippen molar-refractivity contribution in [1.82, 2.24) is 5.48 Å². The summed E-state index contributed by atoms with van der Waals surface area (Å²) in [6.45, 7) is -0.116. The largest absolute Gasteiger partial charge is 0.375 e. The molecule has 1 aliphatic rings. The van der Waals surface area contributed by atoms with E-state index in [0.717, 1.165) is 17.5 Å². The second kappa shape index (κ2) is 7.10. The molecule has 0 amide bonds. The summed E-state index contributed by atoms with van der Waals surface area (Å²) in [5.74, 6) is 0. The highest BCUT2D eigenvalue weighted by Crippen LogP contribution is 2.27. The van der Waals surface area contributed by atoms with Gasteiger partial charge in [0.2, 0.25) is 0 Å². The fraction of sp³-hybridized carbons (Fsp3) is 0.571. The highest BCUT2D eigenvalue weighted by atomic mass is 19.1. The monoisotopic (exact) mass is 283 g/mol. The summed E-state index contributed by atoms with van der Waals surface area (Å²) in [6.07, 6.45) is 0.457. The van der Waals surface area contributed by atoms with E-state index in [1.807, 2.05) is 24.3 Å². The van der Waals surface area contributed by atoms with Gasteiger partial charge in [0.1, 0.15) is 6.67 Å². The molecule has 1 fully saturated rings. The molecule has 2 rings (SSSR count). The number of nitrogens with one attached hydrogen (secondary N) is 1. The van der Waals surface area contributed by atoms with Crippen LogP contribution in [0.5, 0.6) is 0 Å². The molecule has 1 saturated heterocycles. The van der Waals surface area contributed by atoms with Crippen LogP contribution in [0.4, 0.5) is 4.39 Å². The summed E-state index contributed by atoms with van der Waals surface area (Å²) >= 11 is 0. The van der Waals surface area contributed by atoms with Gasteiger partial charge in [-0.1, -0.05) is 24.3 Å². The van der Waals surface area contributed by atoms with Crippen molar-refractivity contribution in [1.29, 1.82) is 0 Å². The first-order chi connectivity index (χ1) is 9.69. The third kappa shape index (κ3) is 3.34. The average molecular weight is 283 g/mol. The molecule has 4 unspecified atom stereocenters. The first kappa shape index (κ1) is 15.3. The van der Waals surface area contributed by atoms with E-state index in [1.54, 1.807) is 0 Å². The van der Waals surface area contributed by atoms with Crippen LogP contribution in [-0.4, -0.2) is 32.5 Å². The van der Waals surface area contributed by atoms with Gasteiger partial charge in [0, 0.05) is 13.7 Å². The third-order valence-electron chi connectivity index (χ3n) is 3.63. The summed E-state index contributed by atoms with van der Waals surface area (Å²) in [5.41, 5.74) is 16.2. The highest BCUT2D eigenvalue weighted by molar-refractivity contribution is 5.27. The molecule has 0 bridgehead atoms. The van der Waals surface area contributed by atoms with Crippen molar-refractivity contribution < 1.29 is 14.0 Å². The number of benzene rings is 1. The number of methoxy groups -OCH3 is 1. The van der Waals surface area contributed by atoms with E-state index >= 15 is 0 Å². The normalized spacial score (nSPS) is 25.6. The second-order valence-corrected chi connectivity index (χ2v) is 5.02. The van der Waals surface area contributed by atoms with Gasteiger partial charge in [-0.15, -0.1) is 0 Å². The van der Waals surface area contributed by atoms with E-state index in [0.29, 0.717) is 6.54 Å². The van der Waals surface area contributed by atoms with Crippen LogP contribution in [-0.2, 0) is 9.57 Å². The number of hydroxylamine groups is 1. The summed E-state index contributed by atoms with van der Waals surface area (Å²) < 4.78 is 17.9. The molecule has 0 aromatic heterocycles. The van der Waals surface area contributed by atoms with Gasteiger partial charge < -0.3 is 16.2 Å². The molecule has 1 heterocycles. The molecule has 20 heavy (non-hydrogen) atoms. The summed E-state index contributed by atoms with van der Waals surface area (Å²) in [6, 6.07) is 7.26. The minimum atomic E-state index is -0.652. The van der Waals surface area contributed by atoms with Crippen molar-refractivity contribution in [3.8, 4) is 0 Å². The molecule has 1 aliphatic heterocycles. The van der Waals surface area contributed by atoms with Crippen LogP contribution in [0.2, 0.25) is 0 Å². The number of ether oxygens (including phenoxy) is 1. The van der Waals surface area contributed by atoms with Crippen molar-refractivity contribution in [2.75, 3.05) is 20.3 Å². The number of hydrogen-bond donors (Lipinski definition) is 3. The molecule has 112 valence electrons. The van der Waals surface area contributed by atoms with Gasteiger partial charge in [-0.05, 0) is 17.5 Å². The maximum absolute atomic E-state index is 12.7. The predicted octanol–water partition coefficient (Wildman–Crippen LogP) is 0.964. The van der Waals surface area contributed by atoms with Gasteiger partial charge in [-0.25, -0.2) is 4.39 Å². The van der Waals surface area contributed by atoms with Crippen LogP contribution >= 0.6 is 0 Å². The summed E-state index contributed by atoms with van der Waals surface area (Å²) in [5, 5.41) is 0. The van der Waals surface area contributed by atoms with E-state index < -0.39 is 18.8 Å². The van der Waals surface area contributed by atoms with Gasteiger partial charge in [0.15, 0.2) is 0 Å². The van der Waals surface area contributed by atoms with Crippen molar-refractivity contribution in [3.05, 3.63) is 35.4 Å². The van der Waals surface area contributed by atoms with E-state index in [9.17, 15) is 4.39 Å². The number of rotatable bonds is 6. The van der Waals surface area contributed by atoms with Gasteiger partial charge in [0.05, 0.1) is 24.3 Å². The first-order valence-electron chi connectivity index (χ1n) is 6.75. The molecule has 4 atom stereocenters. The fourth-order valence-electron chi connectivity index (χ4n) is 2.44. The fourth-order valence-corrected chi connectivity index (χ4v) is 2.44. The zero-order valence-electron chi connectivity index (χ0n) is 11.6. The maximum Gasteiger partial charge on any atom is 0.107 e. The predicted molar refractivity (Wildman–Crippen MR) is 74.6 cm³/mol. The second-order valence-electron chi connectivity index (χ2n) is 5.02. The highest BCUT2D eigenvalue weighted by Gasteiger charge is 2.26. The Kier molecular flexibility index (Phi) is 5.45. The SMILES string of the molecule is COC(c1ccc(C2CC(CN)ON2)cc1)C(N)CF. The Morgan fingerprint density at radius 3 is 2.65 bits per heavy atom. The van der Waals surface area contributed by atoms with E-state index in [2.05, 4.69) is 5.48 Å². The number of halogens is 1. The Morgan fingerprint density at radius 2 is 2.15 bits per heavy atom. The molecule has 0 saturated carbocycles. The van der Waals surface area contributed by atoms with E-state index in [4.69, 9.17) is 21.0 Å². The average Bonchev–Trinajstić information content (AvgIpc) is 2.97. The summed E-state index contributed by atoms with van der Waals surface area (Å²) in [7, 11) is 1.53. The Bertz CT molecular complexity index is 415. The van der Waals surface area contributed by atoms with Crippen molar-refractivity contribution in [2.45, 2.75) is 30.7 Å². The first-order valence-corrected chi connectivity index (χ1v) is 6.75. The third-order valence-corrected chi connectivity index (χ3v) is 3.63. The summed E-state index contributed by atoms with van der Waals surface area (Å²) in [4.78, 5) is 5.35. The zero-order valence-corrected chi connectivity index (χ0v) is 11.6. The molecule has 5 nitrogen and oxygen atoms in total. The molecule has 0 spiro atoms. The van der Waals surface area contributed by atoms with E-state index in [1.165, 1.54) is 7.11 Å². The lowest BCUT2D eigenvalue weighted by molar-refractivity contribution is 0.0312. The minimum absolute atomic E-state index is 0.0476. The smallest absolute Gasteiger partial charge is 0.107 e. The van der Waals surface area contributed by atoms with Crippen LogP contribution < -0.4 is 16.9 Å². The topological polar surface area (TPSA) is 82.5 Å². The zero-order chi connectivity index (χ0) is 14.5. The van der Waals surface area contributed by atoms with Gasteiger partial charge in [-0.3, -0.25) is 4.84 Å². The lowest BCUT2D eigenvalue weighted by atomic mass is 9.97. The van der Waals surface area contributed by atoms with Crippen molar-refractivity contribution in [2.24, 2.45) is 11.5 Å². The van der Waals surface area contributed by atoms with Crippen molar-refractivity contribution in [3.63, 3.8) is 0 Å². The quantitative estimate of drug-likeness (QED) is 0.724. The Morgan fingerprint density at radius 1 is 1.45 bits per heavy atom. The standard InChI is InChI=1S/C14H22FN3O2/c1-19-14(12(17)7-15)10-4-2-9(3-5-10)13-6-11(8-16)20-18-13/h2-5,11-14,18H,6-8,16-17H2,1H3. The molecule has 1 aromatic carbocycles. The van der Waals surface area contributed by atoms with Crippen LogP contribution in [0, 0.1) is 0 Å². The van der Waals surface area contributed by atoms with Crippen LogP contribution in [0.15, 0.2) is 24.3 Å². The lowest BCUT2D eigenvalue weighted by Gasteiger charge is -2.21. The molecule has 6 heteroatoms. The van der Waals surface area contributed by atoms with Crippen molar-refractivity contribution >= 4 is 0 Å². The maximum atomic E-state index is 12.7. The minimum Gasteiger partial charge on any atom is -0.375 e. The number of nitrogens with two attached hydrogens (primary N) is 2. The number of alkyl halides is 1. The van der Waals surface area contributed by atoms with Gasteiger partial charge in [-0.2, -0.15) is 5.48 Å². The molecule has 1 aromatic rings. The van der Waals surface area contributed by atoms with E-state index in [-0.39, 0.29) is 12.1 Å². The molecular formula is C14H22FN3O2. The lowest BCUT2D eigenvalue weighted by Crippen LogP contribution is -2.31. The van der Waals surface area contributed by atoms with Gasteiger partial charge in [0.25, 0.3) is 0 Å². The Hall–Kier alpha value is -1.05. The van der Waals surface area contributed by atoms with Gasteiger partial charge >= 0.3 is 0 Å². The Labute approximate surface area is 118 Å². The van der Waals surface area contributed by atoms with Crippen LogP contribution in [0.1, 0.15) is 29.7 Å². The molecule has 5 N–H and O–H groups in total. The Balaban J connectivity index is 2.06. The van der Waals surface area contributed by atoms with Crippen LogP contribution in [0.25, 0.3) is 0 Å².